The van der Waals surface area contributed by atoms with Crippen molar-refractivity contribution in [3.05, 3.63) is 38.3 Å². The zero-order valence-electron chi connectivity index (χ0n) is 7.23. The summed E-state index contributed by atoms with van der Waals surface area (Å²) in [5, 5.41) is 20.6. The number of nitro groups is 1. The van der Waals surface area contributed by atoms with Gasteiger partial charge in [-0.15, -0.1) is 0 Å². The molecule has 7 heteroatoms. The molecule has 0 aliphatic heterocycles. The fourth-order valence-corrected chi connectivity index (χ4v) is 1.35. The highest BCUT2D eigenvalue weighted by atomic mass is 79.9. The Balaban J connectivity index is 3.17. The molecule has 76 valence electrons. The van der Waals surface area contributed by atoms with Gasteiger partial charge in [0.25, 0.3) is 11.6 Å². The summed E-state index contributed by atoms with van der Waals surface area (Å²) in [6.07, 6.45) is 1.45. The number of carbonyl (C=O) groups is 1. The van der Waals surface area contributed by atoms with E-state index in [1.165, 1.54) is 18.3 Å². The number of nitriles is 1. The molecule has 0 atom stereocenters. The van der Waals surface area contributed by atoms with Crippen LogP contribution < -0.4 is 5.32 Å². The van der Waals surface area contributed by atoms with E-state index in [1.807, 2.05) is 5.32 Å². The topological polar surface area (TPSA) is 96.0 Å². The van der Waals surface area contributed by atoms with Crippen molar-refractivity contribution in [2.75, 3.05) is 0 Å². The first-order valence-corrected chi connectivity index (χ1v) is 4.49. The molecule has 0 fully saturated rings. The highest BCUT2D eigenvalue weighted by molar-refractivity contribution is 9.10. The number of amides is 1. The lowest BCUT2D eigenvalue weighted by Crippen LogP contribution is -2.17. The number of non-ortho nitro benzene ring substituents is 1. The fourth-order valence-electron chi connectivity index (χ4n) is 0.919. The van der Waals surface area contributed by atoms with Crippen LogP contribution in [0.5, 0.6) is 0 Å². The quantitative estimate of drug-likeness (QED) is 0.381. The predicted octanol–water partition coefficient (Wildman–Crippen LogP) is 1.57. The highest BCUT2D eigenvalue weighted by Crippen LogP contribution is 2.22. The summed E-state index contributed by atoms with van der Waals surface area (Å²) < 4.78 is 0.390. The van der Waals surface area contributed by atoms with Crippen LogP contribution in [0.25, 0.3) is 0 Å². The molecule has 0 saturated heterocycles. The zero-order valence-corrected chi connectivity index (χ0v) is 8.82. The van der Waals surface area contributed by atoms with E-state index in [0.29, 0.717) is 4.47 Å². The lowest BCUT2D eigenvalue weighted by molar-refractivity contribution is -0.384. The average molecular weight is 270 g/mol. The van der Waals surface area contributed by atoms with Gasteiger partial charge in [0.15, 0.2) is 6.19 Å². The molecule has 0 unspecified atom stereocenters. The minimum atomic E-state index is -0.687. The van der Waals surface area contributed by atoms with Gasteiger partial charge in [-0.3, -0.25) is 20.2 Å². The van der Waals surface area contributed by atoms with Crippen LogP contribution in [0.4, 0.5) is 5.69 Å². The van der Waals surface area contributed by atoms with E-state index in [1.54, 1.807) is 0 Å². The van der Waals surface area contributed by atoms with Crippen molar-refractivity contribution in [3.63, 3.8) is 0 Å². The molecule has 0 aliphatic carbocycles. The van der Waals surface area contributed by atoms with Crippen LogP contribution in [0.1, 0.15) is 10.4 Å². The van der Waals surface area contributed by atoms with Gasteiger partial charge in [0.05, 0.1) is 10.5 Å². The SMILES string of the molecule is N#CNC(=O)c1cc([N+](=O)[O-])ccc1Br. The molecule has 0 aromatic heterocycles. The number of hydrogen-bond donors (Lipinski definition) is 1. The number of nitrogens with one attached hydrogen (secondary N) is 1. The molecule has 15 heavy (non-hydrogen) atoms. The number of nitrogens with zero attached hydrogens (tertiary/aromatic N) is 2. The zero-order chi connectivity index (χ0) is 11.4. The highest BCUT2D eigenvalue weighted by Gasteiger charge is 2.14. The monoisotopic (exact) mass is 269 g/mol. The summed E-state index contributed by atoms with van der Waals surface area (Å²) in [5.41, 5.74) is -0.160. The Hall–Kier alpha value is -1.94. The maximum Gasteiger partial charge on any atom is 0.270 e. The Bertz CT molecular complexity index is 467. The van der Waals surface area contributed by atoms with Crippen molar-refractivity contribution < 1.29 is 9.72 Å². The number of halogens is 1. The molecule has 0 saturated carbocycles. The Kier molecular flexibility index (Phi) is 3.36. The van der Waals surface area contributed by atoms with Gasteiger partial charge in [-0.1, -0.05) is 0 Å². The lowest BCUT2D eigenvalue weighted by Gasteiger charge is -2.00. The summed E-state index contributed by atoms with van der Waals surface area (Å²) in [7, 11) is 0. The van der Waals surface area contributed by atoms with Gasteiger partial charge in [-0.05, 0) is 22.0 Å². The van der Waals surface area contributed by atoms with Gasteiger partial charge in [-0.2, -0.15) is 5.26 Å². The smallest absolute Gasteiger partial charge is 0.268 e. The van der Waals surface area contributed by atoms with E-state index in [-0.39, 0.29) is 11.3 Å². The second-order valence-electron chi connectivity index (χ2n) is 2.49. The van der Waals surface area contributed by atoms with E-state index >= 15 is 0 Å². The van der Waals surface area contributed by atoms with Crippen molar-refractivity contribution in [2.45, 2.75) is 0 Å². The van der Waals surface area contributed by atoms with E-state index in [4.69, 9.17) is 5.26 Å². The van der Waals surface area contributed by atoms with Gasteiger partial charge >= 0.3 is 0 Å². The van der Waals surface area contributed by atoms with Gasteiger partial charge in [0, 0.05) is 16.6 Å². The van der Waals surface area contributed by atoms with Crippen molar-refractivity contribution in [2.24, 2.45) is 0 Å². The third-order valence-corrected chi connectivity index (χ3v) is 2.27. The Morgan fingerprint density at radius 2 is 2.27 bits per heavy atom. The molecule has 1 amide bonds. The Morgan fingerprint density at radius 1 is 1.60 bits per heavy atom. The molecule has 0 bridgehead atoms. The molecule has 6 nitrogen and oxygen atoms in total. The van der Waals surface area contributed by atoms with Crippen LogP contribution in [0, 0.1) is 21.6 Å². The molecule has 1 aromatic carbocycles. The number of rotatable bonds is 2. The van der Waals surface area contributed by atoms with Crippen molar-refractivity contribution in [1.82, 2.24) is 5.32 Å². The van der Waals surface area contributed by atoms with E-state index < -0.39 is 10.8 Å². The standard InChI is InChI=1S/C8H4BrN3O3/c9-7-2-1-5(12(14)15)3-6(7)8(13)11-4-10/h1-3H,(H,11,13). The van der Waals surface area contributed by atoms with Crippen molar-refractivity contribution in [3.8, 4) is 6.19 Å². The number of carbonyl (C=O) groups excluding carboxylic acids is 1. The van der Waals surface area contributed by atoms with Crippen molar-refractivity contribution in [1.29, 1.82) is 5.26 Å². The van der Waals surface area contributed by atoms with Gasteiger partial charge in [-0.25, -0.2) is 0 Å². The van der Waals surface area contributed by atoms with Crippen LogP contribution in [-0.2, 0) is 0 Å². The first kappa shape index (κ1) is 11.1. The second kappa shape index (κ2) is 4.52. The summed E-state index contributed by atoms with van der Waals surface area (Å²) in [6, 6.07) is 3.73. The largest absolute Gasteiger partial charge is 0.270 e. The van der Waals surface area contributed by atoms with Gasteiger partial charge in [0.1, 0.15) is 0 Å². The van der Waals surface area contributed by atoms with Crippen LogP contribution in [0.15, 0.2) is 22.7 Å². The van der Waals surface area contributed by atoms with Crippen LogP contribution >= 0.6 is 15.9 Å². The number of nitro benzene ring substituents is 1. The van der Waals surface area contributed by atoms with Crippen molar-refractivity contribution >= 4 is 27.5 Å². The minimum Gasteiger partial charge on any atom is -0.268 e. The van der Waals surface area contributed by atoms with E-state index in [9.17, 15) is 14.9 Å². The third-order valence-electron chi connectivity index (χ3n) is 1.57. The summed E-state index contributed by atoms with van der Waals surface area (Å²) in [4.78, 5) is 21.1. The molecule has 0 aliphatic rings. The molecule has 0 radical (unpaired) electrons. The maximum absolute atomic E-state index is 11.3. The summed E-state index contributed by atoms with van der Waals surface area (Å²) in [6.45, 7) is 0. The fraction of sp³-hybridized carbons (Fsp3) is 0. The van der Waals surface area contributed by atoms with Crippen LogP contribution in [-0.4, -0.2) is 10.8 Å². The molecule has 1 N–H and O–H groups in total. The maximum atomic E-state index is 11.3. The first-order chi connectivity index (χ1) is 7.06. The molecule has 0 spiro atoms. The first-order valence-electron chi connectivity index (χ1n) is 3.69. The second-order valence-corrected chi connectivity index (χ2v) is 3.34. The summed E-state index contributed by atoms with van der Waals surface area (Å²) >= 11 is 3.06. The van der Waals surface area contributed by atoms with Gasteiger partial charge < -0.3 is 0 Å². The molecule has 1 aromatic rings. The Labute approximate surface area is 92.8 Å². The molecule has 0 heterocycles. The van der Waals surface area contributed by atoms with Gasteiger partial charge in [0.2, 0.25) is 0 Å². The predicted molar refractivity (Wildman–Crippen MR) is 53.9 cm³/mol. The number of hydrogen-bond acceptors (Lipinski definition) is 4. The average Bonchev–Trinajstić information content (AvgIpc) is 2.18. The summed E-state index contributed by atoms with van der Waals surface area (Å²) in [5.74, 6) is -0.687. The minimum absolute atomic E-state index is 0.0470. The normalized spacial score (nSPS) is 9.07. The van der Waals surface area contributed by atoms with Crippen LogP contribution in [0.2, 0.25) is 0 Å². The third kappa shape index (κ3) is 2.51. The van der Waals surface area contributed by atoms with E-state index in [2.05, 4.69) is 15.9 Å². The molecule has 1 rings (SSSR count). The van der Waals surface area contributed by atoms with Crippen LogP contribution in [0.3, 0.4) is 0 Å². The Morgan fingerprint density at radius 3 is 2.80 bits per heavy atom. The molecular weight excluding hydrogens is 266 g/mol. The lowest BCUT2D eigenvalue weighted by atomic mass is 10.2. The van der Waals surface area contributed by atoms with E-state index in [0.717, 1.165) is 6.07 Å². The molecular formula is C8H4BrN3O3. The number of benzene rings is 1.